The van der Waals surface area contributed by atoms with Gasteiger partial charge in [0.2, 0.25) is 5.52 Å². The number of aryl methyl sites for hydroxylation is 2. The number of rotatable bonds is 2. The molecule has 136 valence electrons. The van der Waals surface area contributed by atoms with Crippen molar-refractivity contribution >= 4 is 18.2 Å². The van der Waals surface area contributed by atoms with Gasteiger partial charge >= 0.3 is 7.25 Å². The summed E-state index contributed by atoms with van der Waals surface area (Å²) in [5.74, 6) is 0.636. The van der Waals surface area contributed by atoms with E-state index in [0.717, 1.165) is 13.0 Å². The van der Waals surface area contributed by atoms with E-state index in [4.69, 9.17) is 0 Å². The van der Waals surface area contributed by atoms with Crippen LogP contribution >= 0.6 is 0 Å². The first-order chi connectivity index (χ1) is 12.3. The lowest BCUT2D eigenvalue weighted by Crippen LogP contribution is -2.39. The highest BCUT2D eigenvalue weighted by Gasteiger charge is 2.27. The van der Waals surface area contributed by atoms with Crippen LogP contribution in [-0.4, -0.2) is 7.25 Å². The molecule has 0 unspecified atom stereocenters. The number of aromatic nitrogens is 1. The van der Waals surface area contributed by atoms with Gasteiger partial charge in [0.15, 0.2) is 6.20 Å². The van der Waals surface area contributed by atoms with Crippen LogP contribution in [0.1, 0.15) is 29.0 Å². The molecule has 0 spiro atoms. The summed E-state index contributed by atoms with van der Waals surface area (Å²) in [6.45, 7) is 3.34. The zero-order chi connectivity index (χ0) is 18.7. The van der Waals surface area contributed by atoms with Crippen LogP contribution in [0.25, 0.3) is 10.9 Å². The van der Waals surface area contributed by atoms with Crippen LogP contribution in [0.4, 0.5) is 17.3 Å². The summed E-state index contributed by atoms with van der Waals surface area (Å²) < 4.78 is 41.4. The molecule has 0 N–H and O–H groups in total. The largest absolute Gasteiger partial charge is 0.673 e. The number of hydrogen-bond acceptors (Lipinski definition) is 0. The predicted molar refractivity (Wildman–Crippen MR) is 96.6 cm³/mol. The van der Waals surface area contributed by atoms with Gasteiger partial charge in [0.1, 0.15) is 6.54 Å². The second-order valence-corrected chi connectivity index (χ2v) is 6.66. The van der Waals surface area contributed by atoms with E-state index in [2.05, 4.69) is 72.3 Å². The van der Waals surface area contributed by atoms with Crippen LogP contribution in [0.3, 0.4) is 0 Å². The van der Waals surface area contributed by atoms with Crippen LogP contribution in [0.2, 0.25) is 0 Å². The molecule has 2 aromatic carbocycles. The van der Waals surface area contributed by atoms with Crippen molar-refractivity contribution in [2.45, 2.75) is 32.2 Å². The maximum Gasteiger partial charge on any atom is 0.673 e. The van der Waals surface area contributed by atoms with Gasteiger partial charge in [0.25, 0.3) is 0 Å². The summed E-state index contributed by atoms with van der Waals surface area (Å²) in [5, 5.41) is 1.38. The van der Waals surface area contributed by atoms with Crippen molar-refractivity contribution in [3.63, 3.8) is 0 Å². The summed E-state index contributed by atoms with van der Waals surface area (Å²) in [6, 6.07) is 20.0. The van der Waals surface area contributed by atoms with E-state index in [-0.39, 0.29) is 0 Å². The van der Waals surface area contributed by atoms with Crippen LogP contribution in [0.5, 0.6) is 0 Å². The molecule has 1 aliphatic heterocycles. The van der Waals surface area contributed by atoms with Crippen molar-refractivity contribution in [2.75, 3.05) is 0 Å². The van der Waals surface area contributed by atoms with Crippen molar-refractivity contribution < 1.29 is 21.8 Å². The van der Waals surface area contributed by atoms with E-state index in [1.807, 2.05) is 0 Å². The zero-order valence-electron chi connectivity index (χ0n) is 14.5. The topological polar surface area (TPSA) is 3.88 Å². The van der Waals surface area contributed by atoms with Crippen molar-refractivity contribution in [1.82, 2.24) is 0 Å². The van der Waals surface area contributed by atoms with Crippen LogP contribution in [0.15, 0.2) is 60.8 Å². The molecule has 0 radical (unpaired) electrons. The Morgan fingerprint density at radius 3 is 2.38 bits per heavy atom. The molecule has 1 nitrogen and oxygen atoms in total. The van der Waals surface area contributed by atoms with Crippen molar-refractivity contribution in [3.8, 4) is 0 Å². The van der Waals surface area contributed by atoms with Gasteiger partial charge in [-0.1, -0.05) is 30.3 Å². The Kier molecular flexibility index (Phi) is 5.30. The Morgan fingerprint density at radius 1 is 1.00 bits per heavy atom. The van der Waals surface area contributed by atoms with E-state index in [1.54, 1.807) is 0 Å². The quantitative estimate of drug-likeness (QED) is 0.324. The number of benzene rings is 2. The second-order valence-electron chi connectivity index (χ2n) is 6.66. The van der Waals surface area contributed by atoms with Gasteiger partial charge in [-0.05, 0) is 42.7 Å². The zero-order valence-corrected chi connectivity index (χ0v) is 14.5. The summed E-state index contributed by atoms with van der Waals surface area (Å²) >= 11 is 0. The molecule has 0 saturated carbocycles. The maximum atomic E-state index is 9.75. The first-order valence-electron chi connectivity index (χ1n) is 8.65. The molecule has 1 aromatic heterocycles. The molecular formula is C20H20BF4N. The van der Waals surface area contributed by atoms with Gasteiger partial charge in [0, 0.05) is 29.4 Å². The molecule has 0 amide bonds. The van der Waals surface area contributed by atoms with E-state index in [0.29, 0.717) is 5.92 Å². The minimum Gasteiger partial charge on any atom is -0.418 e. The van der Waals surface area contributed by atoms with Crippen LogP contribution in [-0.2, 0) is 13.0 Å². The first-order valence-corrected chi connectivity index (χ1v) is 8.65. The van der Waals surface area contributed by atoms with Gasteiger partial charge < -0.3 is 17.3 Å². The van der Waals surface area contributed by atoms with Gasteiger partial charge in [-0.2, -0.15) is 4.57 Å². The highest BCUT2D eigenvalue weighted by molar-refractivity contribution is 6.50. The highest BCUT2D eigenvalue weighted by atomic mass is 19.5. The molecule has 3 aromatic rings. The lowest BCUT2D eigenvalue weighted by molar-refractivity contribution is -0.675. The molecule has 1 aliphatic rings. The van der Waals surface area contributed by atoms with Gasteiger partial charge in [-0.25, -0.2) is 0 Å². The molecule has 1 atom stereocenters. The van der Waals surface area contributed by atoms with E-state index < -0.39 is 7.25 Å². The number of halogens is 4. The number of pyridine rings is 1. The van der Waals surface area contributed by atoms with Crippen LogP contribution < -0.4 is 4.57 Å². The normalized spacial score (nSPS) is 16.1. The fraction of sp³-hybridized carbons (Fsp3) is 0.250. The van der Waals surface area contributed by atoms with Crippen molar-refractivity contribution in [1.29, 1.82) is 0 Å². The average molecular weight is 361 g/mol. The Morgan fingerprint density at radius 2 is 1.69 bits per heavy atom. The lowest BCUT2D eigenvalue weighted by atomic mass is 9.84. The lowest BCUT2D eigenvalue weighted by Gasteiger charge is -2.22. The third kappa shape index (κ3) is 4.62. The van der Waals surface area contributed by atoms with Crippen LogP contribution in [0, 0.1) is 6.92 Å². The molecule has 6 heteroatoms. The van der Waals surface area contributed by atoms with E-state index in [1.165, 1.54) is 34.0 Å². The second kappa shape index (κ2) is 7.48. The summed E-state index contributed by atoms with van der Waals surface area (Å²) in [7, 11) is -6.00. The number of nitrogens with zero attached hydrogens (tertiary/aromatic N) is 1. The standard InChI is InChI=1S/C20H20N.BF4/c1-15-12-18-8-5-10-21-11-9-17(19(13-15)20(18)21)14-16-6-3-2-4-7-16;2-1(3,4)5/h2-8,10,12-13,17H,9,11,14H2,1H3;/q+1;-1/t17-;/m0./s1. The monoisotopic (exact) mass is 361 g/mol. The Hall–Kier alpha value is -2.37. The third-order valence-corrected chi connectivity index (χ3v) is 4.63. The first kappa shape index (κ1) is 18.4. The molecule has 4 rings (SSSR count). The Labute approximate surface area is 150 Å². The fourth-order valence-electron chi connectivity index (χ4n) is 3.68. The molecule has 0 fully saturated rings. The fourth-order valence-corrected chi connectivity index (χ4v) is 3.68. The minimum atomic E-state index is -6.00. The van der Waals surface area contributed by atoms with Gasteiger partial charge in [0.05, 0.1) is 0 Å². The van der Waals surface area contributed by atoms with E-state index >= 15 is 0 Å². The maximum absolute atomic E-state index is 9.75. The minimum absolute atomic E-state index is 0.636. The summed E-state index contributed by atoms with van der Waals surface area (Å²) in [4.78, 5) is 0. The highest BCUT2D eigenvalue weighted by Crippen LogP contribution is 2.33. The summed E-state index contributed by atoms with van der Waals surface area (Å²) in [5.41, 5.74) is 5.78. The molecule has 0 bridgehead atoms. The molecular weight excluding hydrogens is 341 g/mol. The number of hydrogen-bond donors (Lipinski definition) is 0. The van der Waals surface area contributed by atoms with Crippen molar-refractivity contribution in [3.05, 3.63) is 77.5 Å². The summed E-state index contributed by atoms with van der Waals surface area (Å²) in [6.07, 6.45) is 4.60. The van der Waals surface area contributed by atoms with Gasteiger partial charge in [-0.3, -0.25) is 0 Å². The average Bonchev–Trinajstić information content (AvgIpc) is 2.56. The molecule has 2 heterocycles. The third-order valence-electron chi connectivity index (χ3n) is 4.63. The smallest absolute Gasteiger partial charge is 0.418 e. The molecule has 0 saturated heterocycles. The Balaban J connectivity index is 0.000000349. The molecule has 0 aliphatic carbocycles. The Bertz CT molecular complexity index is 887. The van der Waals surface area contributed by atoms with E-state index in [9.17, 15) is 17.3 Å². The van der Waals surface area contributed by atoms with Gasteiger partial charge in [-0.15, -0.1) is 0 Å². The predicted octanol–water partition coefficient (Wildman–Crippen LogP) is 5.47. The van der Waals surface area contributed by atoms with Crippen molar-refractivity contribution in [2.24, 2.45) is 0 Å². The molecule has 26 heavy (non-hydrogen) atoms. The SMILES string of the molecule is Cc1cc2c3c(ccc[n+]3CC[C@H]2Cc2ccccc2)c1.F[B-](F)(F)F.